The number of aliphatic hydroxyl groups excluding tert-OH is 2. The molecule has 0 unspecified atom stereocenters. The lowest BCUT2D eigenvalue weighted by molar-refractivity contribution is -0.385. The fourth-order valence-corrected chi connectivity index (χ4v) is 2.45. The van der Waals surface area contributed by atoms with Gasteiger partial charge in [0.15, 0.2) is 0 Å². The lowest BCUT2D eigenvalue weighted by Gasteiger charge is -2.15. The fourth-order valence-electron chi connectivity index (χ4n) is 2.34. The van der Waals surface area contributed by atoms with Crippen molar-refractivity contribution in [1.29, 1.82) is 0 Å². The molecule has 3 rings (SSSR count). The van der Waals surface area contributed by atoms with E-state index in [2.05, 4.69) is 15.0 Å². The minimum atomic E-state index is -0.524. The fraction of sp³-hybridized carbons (Fsp3) is 0.286. The van der Waals surface area contributed by atoms with Gasteiger partial charge < -0.3 is 25.7 Å². The van der Waals surface area contributed by atoms with E-state index in [-0.39, 0.29) is 29.7 Å². The van der Waals surface area contributed by atoms with Gasteiger partial charge in [-0.05, 0) is 24.3 Å². The Morgan fingerprint density at radius 2 is 1.25 bits per heavy atom. The number of likely N-dealkylation sites (N-methyl/N-ethyl adjacent to an activating group) is 2. The highest BCUT2D eigenvalue weighted by Crippen LogP contribution is 2.14. The van der Waals surface area contributed by atoms with Crippen LogP contribution in [0.5, 0.6) is 0 Å². The average Bonchev–Trinajstić information content (AvgIpc) is 2.86. The molecule has 0 aliphatic carbocycles. The van der Waals surface area contributed by atoms with Crippen molar-refractivity contribution in [3.05, 3.63) is 80.4 Å². The summed E-state index contributed by atoms with van der Waals surface area (Å²) in [6, 6.07) is 9.22. The summed E-state index contributed by atoms with van der Waals surface area (Å²) in [6.45, 7) is 1.18. The van der Waals surface area contributed by atoms with Crippen molar-refractivity contribution < 1.29 is 20.1 Å². The normalized spacial score (nSPS) is 9.69. The van der Waals surface area contributed by atoms with Crippen LogP contribution in [0, 0.1) is 20.2 Å². The molecule has 0 saturated carbocycles. The molecule has 0 aliphatic heterocycles. The third-order valence-corrected chi connectivity index (χ3v) is 4.51. The van der Waals surface area contributed by atoms with E-state index in [9.17, 15) is 20.2 Å². The van der Waals surface area contributed by atoms with Gasteiger partial charge in [-0.3, -0.25) is 20.2 Å². The molecule has 0 fully saturated rings. The first-order valence-electron chi connectivity index (χ1n) is 10.3. The van der Waals surface area contributed by atoms with E-state index in [1.165, 1.54) is 24.4 Å². The van der Waals surface area contributed by atoms with Crippen LogP contribution < -0.4 is 15.5 Å². The van der Waals surface area contributed by atoms with Gasteiger partial charge in [-0.2, -0.15) is 0 Å². The molecular weight excluding hydrogens is 496 g/mol. The summed E-state index contributed by atoms with van der Waals surface area (Å²) in [5.74, 6) is 1.42. The molecule has 0 bridgehead atoms. The summed E-state index contributed by atoms with van der Waals surface area (Å²) < 4.78 is 0. The van der Waals surface area contributed by atoms with E-state index in [0.717, 1.165) is 12.0 Å². The van der Waals surface area contributed by atoms with E-state index in [1.807, 2.05) is 18.0 Å². The summed E-state index contributed by atoms with van der Waals surface area (Å²) in [7, 11) is 3.62. The van der Waals surface area contributed by atoms with Crippen molar-refractivity contribution in [2.45, 2.75) is 0 Å². The van der Waals surface area contributed by atoms with Gasteiger partial charge in [-0.25, -0.2) is 15.0 Å². The van der Waals surface area contributed by atoms with Gasteiger partial charge in [-0.1, -0.05) is 11.6 Å². The van der Waals surface area contributed by atoms with Crippen LogP contribution in [0.4, 0.5) is 28.7 Å². The lowest BCUT2D eigenvalue weighted by Crippen LogP contribution is -2.21. The Labute approximate surface area is 211 Å². The number of anilines is 3. The standard InChI is InChI=1S/C8H11N3O3.C8H13N3O.C5H3ClN2O2/c1-10(4-5-12)8-3-2-7(6-9-8)11(13)14;1-11(4-5-12)8-3-2-7(9)6-10-8;6-5-2-1-4(3-7-5)8(9)10/h2-3,6,12H,4-5H2,1H3;2-3,6,12H,4-5,9H2,1H3;1-3H. The predicted molar refractivity (Wildman–Crippen MR) is 136 cm³/mol. The van der Waals surface area contributed by atoms with Crippen molar-refractivity contribution in [2.24, 2.45) is 0 Å². The van der Waals surface area contributed by atoms with Gasteiger partial charge in [0, 0.05) is 39.3 Å². The zero-order chi connectivity index (χ0) is 27.1. The number of aromatic nitrogens is 3. The Balaban J connectivity index is 0.000000274. The van der Waals surface area contributed by atoms with Crippen molar-refractivity contribution in [3.8, 4) is 0 Å². The number of hydrogen-bond acceptors (Lipinski definition) is 12. The molecule has 14 nitrogen and oxygen atoms in total. The number of rotatable bonds is 8. The van der Waals surface area contributed by atoms with Crippen molar-refractivity contribution in [2.75, 3.05) is 55.9 Å². The first kappa shape index (κ1) is 29.9. The number of halogens is 1. The Hall–Kier alpha value is -4.14. The number of nitrogens with two attached hydrogens (primary N) is 1. The lowest BCUT2D eigenvalue weighted by atomic mass is 10.4. The number of nitrogens with zero attached hydrogens (tertiary/aromatic N) is 7. The highest BCUT2D eigenvalue weighted by Gasteiger charge is 2.07. The third-order valence-electron chi connectivity index (χ3n) is 4.29. The molecule has 0 aromatic carbocycles. The van der Waals surface area contributed by atoms with Crippen LogP contribution in [0.15, 0.2) is 55.0 Å². The number of aliphatic hydroxyl groups is 2. The van der Waals surface area contributed by atoms with Crippen LogP contribution in [-0.4, -0.2) is 75.4 Å². The van der Waals surface area contributed by atoms with Gasteiger partial charge in [0.05, 0.1) is 34.9 Å². The topological polar surface area (TPSA) is 198 Å². The summed E-state index contributed by atoms with van der Waals surface area (Å²) >= 11 is 5.38. The zero-order valence-corrected chi connectivity index (χ0v) is 20.4. The Morgan fingerprint density at radius 3 is 1.58 bits per heavy atom. The van der Waals surface area contributed by atoms with E-state index < -0.39 is 9.85 Å². The molecule has 0 saturated heterocycles. The molecule has 4 N–H and O–H groups in total. The summed E-state index contributed by atoms with van der Waals surface area (Å²) in [5, 5.41) is 37.9. The first-order chi connectivity index (χ1) is 17.1. The van der Waals surface area contributed by atoms with Crippen LogP contribution in [0.1, 0.15) is 0 Å². The molecule has 0 aliphatic rings. The number of pyridine rings is 3. The monoisotopic (exact) mass is 522 g/mol. The summed E-state index contributed by atoms with van der Waals surface area (Å²) in [4.78, 5) is 34.4. The molecule has 0 radical (unpaired) electrons. The second kappa shape index (κ2) is 15.7. The highest BCUT2D eigenvalue weighted by atomic mass is 35.5. The Bertz CT molecular complexity index is 1070. The van der Waals surface area contributed by atoms with Gasteiger partial charge >= 0.3 is 0 Å². The maximum absolute atomic E-state index is 10.3. The minimum Gasteiger partial charge on any atom is -0.397 e. The van der Waals surface area contributed by atoms with E-state index >= 15 is 0 Å². The Morgan fingerprint density at radius 1 is 0.806 bits per heavy atom. The van der Waals surface area contributed by atoms with E-state index in [1.54, 1.807) is 30.3 Å². The highest BCUT2D eigenvalue weighted by molar-refractivity contribution is 6.29. The van der Waals surface area contributed by atoms with Crippen molar-refractivity contribution >= 4 is 40.3 Å². The second-order valence-corrected chi connectivity index (χ2v) is 7.36. The number of nitrogen functional groups attached to an aromatic ring is 1. The predicted octanol–water partition coefficient (Wildman–Crippen LogP) is 2.15. The molecule has 3 heterocycles. The quantitative estimate of drug-likeness (QED) is 0.221. The van der Waals surface area contributed by atoms with Gasteiger partial charge in [0.25, 0.3) is 11.4 Å². The summed E-state index contributed by atoms with van der Waals surface area (Å²) in [6.07, 6.45) is 3.91. The first-order valence-corrected chi connectivity index (χ1v) is 10.7. The van der Waals surface area contributed by atoms with E-state index in [0.29, 0.717) is 24.6 Å². The molecule has 3 aromatic heterocycles. The molecule has 0 amide bonds. The SMILES string of the molecule is CN(CCO)c1ccc(N)cn1.CN(CCO)c1ccc([N+](=O)[O-])cn1.O=[N+]([O-])c1ccc(Cl)nc1. The molecule has 36 heavy (non-hydrogen) atoms. The smallest absolute Gasteiger partial charge is 0.287 e. The maximum Gasteiger partial charge on any atom is 0.287 e. The molecule has 194 valence electrons. The molecule has 15 heteroatoms. The van der Waals surface area contributed by atoms with Gasteiger partial charge in [0.2, 0.25) is 0 Å². The van der Waals surface area contributed by atoms with E-state index in [4.69, 9.17) is 27.5 Å². The van der Waals surface area contributed by atoms with Gasteiger partial charge in [0.1, 0.15) is 29.2 Å². The van der Waals surface area contributed by atoms with Crippen molar-refractivity contribution in [3.63, 3.8) is 0 Å². The van der Waals surface area contributed by atoms with Crippen LogP contribution in [0.25, 0.3) is 0 Å². The number of nitro groups is 2. The Kier molecular flexibility index (Phi) is 13.0. The molecule has 0 spiro atoms. The second-order valence-electron chi connectivity index (χ2n) is 6.97. The third kappa shape index (κ3) is 10.9. The van der Waals surface area contributed by atoms with Crippen LogP contribution in [0.3, 0.4) is 0 Å². The molecule has 3 aromatic rings. The van der Waals surface area contributed by atoms with Crippen molar-refractivity contribution in [1.82, 2.24) is 15.0 Å². The zero-order valence-electron chi connectivity index (χ0n) is 19.6. The molecular formula is C21H27ClN8O6. The van der Waals surface area contributed by atoms with Crippen LogP contribution >= 0.6 is 11.6 Å². The van der Waals surface area contributed by atoms with Gasteiger partial charge in [-0.15, -0.1) is 0 Å². The number of hydrogen-bond donors (Lipinski definition) is 3. The maximum atomic E-state index is 10.3. The van der Waals surface area contributed by atoms with Crippen LogP contribution in [0.2, 0.25) is 5.15 Å². The summed E-state index contributed by atoms with van der Waals surface area (Å²) in [5.41, 5.74) is 6.03. The molecule has 0 atom stereocenters. The average molecular weight is 523 g/mol. The largest absolute Gasteiger partial charge is 0.397 e. The van der Waals surface area contributed by atoms with Crippen LogP contribution in [-0.2, 0) is 0 Å². The minimum absolute atomic E-state index is 0.0230.